The number of carbonyl (C=O) groups excluding carboxylic acids is 2. The fourth-order valence-corrected chi connectivity index (χ4v) is 5.02. The predicted octanol–water partition coefficient (Wildman–Crippen LogP) is 4.59. The first kappa shape index (κ1) is 16.1. The van der Waals surface area contributed by atoms with E-state index in [2.05, 4.69) is 19.1 Å². The van der Waals surface area contributed by atoms with Crippen LogP contribution >= 0.6 is 0 Å². The van der Waals surface area contributed by atoms with E-state index >= 15 is 0 Å². The lowest BCUT2D eigenvalue weighted by atomic mass is 9.65. The number of allylic oxidation sites excluding steroid dienone is 3. The summed E-state index contributed by atoms with van der Waals surface area (Å²) in [5.41, 5.74) is -1.62. The lowest BCUT2D eigenvalue weighted by Gasteiger charge is -2.44. The summed E-state index contributed by atoms with van der Waals surface area (Å²) in [5.74, 6) is -1.70. The van der Waals surface area contributed by atoms with Crippen LogP contribution in [-0.2, 0) is 19.1 Å². The van der Waals surface area contributed by atoms with Gasteiger partial charge in [-0.1, -0.05) is 39.0 Å². The SMILES string of the molecule is [2H]C([2H])([2H])C(CC)(C(=O)O[C@H]1C[C@@H](C)C=C2C=C[C@H](C)[C@H](CC[C@@H]3C[C@@H](O)CC(=O)O3)[C@H]21)C([2H])([2H])[2H]. The third-order valence-corrected chi connectivity index (χ3v) is 6.79. The number of carbonyl (C=O) groups is 2. The summed E-state index contributed by atoms with van der Waals surface area (Å²) < 4.78 is 58.9. The Morgan fingerprint density at radius 3 is 2.77 bits per heavy atom. The number of fused-ring (bicyclic) bond motifs is 1. The van der Waals surface area contributed by atoms with Crippen LogP contribution in [0.5, 0.6) is 0 Å². The molecule has 0 saturated carbocycles. The molecule has 0 aromatic carbocycles. The van der Waals surface area contributed by atoms with Crippen molar-refractivity contribution in [1.82, 2.24) is 0 Å². The quantitative estimate of drug-likeness (QED) is 0.632. The van der Waals surface area contributed by atoms with E-state index in [1.807, 2.05) is 13.0 Å². The lowest BCUT2D eigenvalue weighted by Crippen LogP contribution is -2.43. The monoisotopic (exact) mass is 424 g/mol. The van der Waals surface area contributed by atoms with Gasteiger partial charge in [-0.05, 0) is 62.7 Å². The van der Waals surface area contributed by atoms with Crippen LogP contribution in [0.15, 0.2) is 23.8 Å². The van der Waals surface area contributed by atoms with Crippen molar-refractivity contribution >= 4 is 11.9 Å². The Bertz CT molecular complexity index is 878. The number of ether oxygens (including phenoxy) is 2. The minimum absolute atomic E-state index is 0.000807. The van der Waals surface area contributed by atoms with Crippen LogP contribution in [-0.4, -0.2) is 35.4 Å². The molecule has 0 aromatic rings. The minimum Gasteiger partial charge on any atom is -0.462 e. The zero-order valence-corrected chi connectivity index (χ0v) is 18.1. The van der Waals surface area contributed by atoms with Crippen molar-refractivity contribution in [2.75, 3.05) is 0 Å². The Kier molecular flexibility index (Phi) is 4.96. The predicted molar refractivity (Wildman–Crippen MR) is 115 cm³/mol. The largest absolute Gasteiger partial charge is 0.462 e. The van der Waals surface area contributed by atoms with E-state index in [9.17, 15) is 14.7 Å². The van der Waals surface area contributed by atoms with Crippen molar-refractivity contribution in [3.8, 4) is 0 Å². The first-order valence-electron chi connectivity index (χ1n) is 14.1. The molecule has 0 amide bonds. The molecular weight excluding hydrogens is 380 g/mol. The molecule has 1 fully saturated rings. The van der Waals surface area contributed by atoms with Crippen LogP contribution in [0.25, 0.3) is 0 Å². The molecular formula is C25H38O5. The van der Waals surface area contributed by atoms with Gasteiger partial charge in [-0.15, -0.1) is 0 Å². The number of rotatable bonds is 6. The van der Waals surface area contributed by atoms with Gasteiger partial charge in [-0.25, -0.2) is 0 Å². The smallest absolute Gasteiger partial charge is 0.311 e. The number of aliphatic hydroxyl groups is 1. The maximum absolute atomic E-state index is 13.4. The molecule has 2 aliphatic carbocycles. The topological polar surface area (TPSA) is 72.8 Å². The second-order valence-corrected chi connectivity index (χ2v) is 9.27. The molecule has 0 bridgehead atoms. The van der Waals surface area contributed by atoms with Crippen molar-refractivity contribution in [2.24, 2.45) is 29.1 Å². The third kappa shape index (κ3) is 5.16. The summed E-state index contributed by atoms with van der Waals surface area (Å²) in [6, 6.07) is 0. The van der Waals surface area contributed by atoms with Crippen molar-refractivity contribution in [3.63, 3.8) is 0 Å². The molecule has 1 saturated heterocycles. The molecule has 30 heavy (non-hydrogen) atoms. The Hall–Kier alpha value is -1.62. The molecule has 3 aliphatic rings. The maximum atomic E-state index is 13.4. The Morgan fingerprint density at radius 2 is 2.10 bits per heavy atom. The van der Waals surface area contributed by atoms with Gasteiger partial charge in [0.2, 0.25) is 0 Å². The molecule has 5 nitrogen and oxygen atoms in total. The van der Waals surface area contributed by atoms with Gasteiger partial charge in [0.05, 0.1) is 17.9 Å². The second kappa shape index (κ2) is 9.25. The second-order valence-electron chi connectivity index (χ2n) is 9.27. The Morgan fingerprint density at radius 1 is 1.33 bits per heavy atom. The molecule has 5 heteroatoms. The molecule has 0 aromatic heterocycles. The van der Waals surface area contributed by atoms with Gasteiger partial charge in [0.25, 0.3) is 0 Å². The molecule has 3 rings (SSSR count). The summed E-state index contributed by atoms with van der Waals surface area (Å²) in [6.45, 7) is -0.698. The fraction of sp³-hybridized carbons (Fsp3) is 0.760. The first-order valence-corrected chi connectivity index (χ1v) is 11.1. The average Bonchev–Trinajstić information content (AvgIpc) is 2.71. The van der Waals surface area contributed by atoms with E-state index < -0.39 is 55.8 Å². The normalized spacial score (nSPS) is 40.3. The highest BCUT2D eigenvalue weighted by molar-refractivity contribution is 5.76. The van der Waals surface area contributed by atoms with Gasteiger partial charge in [0, 0.05) is 20.6 Å². The van der Waals surface area contributed by atoms with Crippen LogP contribution in [0.2, 0.25) is 0 Å². The maximum Gasteiger partial charge on any atom is 0.311 e. The van der Waals surface area contributed by atoms with E-state index in [0.29, 0.717) is 25.7 Å². The van der Waals surface area contributed by atoms with Crippen LogP contribution in [0.1, 0.15) is 81.2 Å². The highest BCUT2D eigenvalue weighted by Crippen LogP contribution is 2.45. The zero-order valence-electron chi connectivity index (χ0n) is 24.1. The number of hydrogen-bond donors (Lipinski definition) is 1. The standard InChI is InChI=1S/C25H38O5/c1-6-25(4,5)24(28)30-21-12-15(2)11-17-8-7-16(3)20(23(17)21)10-9-19-13-18(26)14-22(27)29-19/h7-8,11,15-16,18-21,23,26H,6,9-10,12-14H2,1-5H3/t15-,16-,18+,19+,20-,21-,23-/m0/s1/i4D3,5D3. The first-order chi connectivity index (χ1) is 16.6. The average molecular weight is 425 g/mol. The highest BCUT2D eigenvalue weighted by atomic mass is 16.6. The number of esters is 2. The molecule has 168 valence electrons. The van der Waals surface area contributed by atoms with E-state index in [4.69, 9.17) is 17.7 Å². The van der Waals surface area contributed by atoms with Gasteiger partial charge in [-0.2, -0.15) is 0 Å². The molecule has 1 heterocycles. The van der Waals surface area contributed by atoms with E-state index in [1.165, 1.54) is 6.92 Å². The number of aliphatic hydroxyl groups excluding tert-OH is 1. The van der Waals surface area contributed by atoms with Crippen molar-refractivity contribution < 1.29 is 32.4 Å². The Labute approximate surface area is 189 Å². The van der Waals surface area contributed by atoms with Gasteiger partial charge in [0.1, 0.15) is 12.2 Å². The van der Waals surface area contributed by atoms with E-state index in [0.717, 1.165) is 5.57 Å². The van der Waals surface area contributed by atoms with Gasteiger partial charge in [-0.3, -0.25) is 9.59 Å². The summed E-state index contributed by atoms with van der Waals surface area (Å²) in [7, 11) is 0. The van der Waals surface area contributed by atoms with Crippen molar-refractivity contribution in [1.29, 1.82) is 0 Å². The minimum atomic E-state index is -3.06. The highest BCUT2D eigenvalue weighted by Gasteiger charge is 2.43. The van der Waals surface area contributed by atoms with Crippen LogP contribution < -0.4 is 0 Å². The van der Waals surface area contributed by atoms with E-state index in [-0.39, 0.29) is 30.1 Å². The van der Waals surface area contributed by atoms with Crippen molar-refractivity contribution in [2.45, 2.75) is 91.3 Å². The molecule has 0 unspecified atom stereocenters. The van der Waals surface area contributed by atoms with Gasteiger partial charge in [0.15, 0.2) is 0 Å². The molecule has 1 N–H and O–H groups in total. The van der Waals surface area contributed by atoms with Crippen LogP contribution in [0, 0.1) is 29.1 Å². The summed E-state index contributed by atoms with van der Waals surface area (Å²) in [6.07, 6.45) is 6.02. The van der Waals surface area contributed by atoms with Gasteiger partial charge >= 0.3 is 11.9 Å². The van der Waals surface area contributed by atoms with Gasteiger partial charge < -0.3 is 14.6 Å². The molecule has 1 aliphatic heterocycles. The van der Waals surface area contributed by atoms with E-state index in [1.54, 1.807) is 0 Å². The molecule has 7 atom stereocenters. The fourth-order valence-electron chi connectivity index (χ4n) is 5.02. The van der Waals surface area contributed by atoms with Crippen LogP contribution in [0.4, 0.5) is 0 Å². The third-order valence-electron chi connectivity index (χ3n) is 6.79. The summed E-state index contributed by atoms with van der Waals surface area (Å²) >= 11 is 0. The summed E-state index contributed by atoms with van der Waals surface area (Å²) in [4.78, 5) is 25.2. The molecule has 0 radical (unpaired) electrons. The molecule has 0 spiro atoms. The number of cyclic esters (lactones) is 1. The van der Waals surface area contributed by atoms with Crippen molar-refractivity contribution in [3.05, 3.63) is 23.8 Å². The Balaban J connectivity index is 1.88. The van der Waals surface area contributed by atoms with Crippen LogP contribution in [0.3, 0.4) is 0 Å². The summed E-state index contributed by atoms with van der Waals surface area (Å²) in [5, 5.41) is 9.96. The lowest BCUT2D eigenvalue weighted by molar-refractivity contribution is -0.166. The number of hydrogen-bond acceptors (Lipinski definition) is 5. The zero-order chi connectivity index (χ0) is 27.1.